The summed E-state index contributed by atoms with van der Waals surface area (Å²) in [5.74, 6) is 0.671. The van der Waals surface area contributed by atoms with Crippen LogP contribution in [0, 0.1) is 5.41 Å². The van der Waals surface area contributed by atoms with E-state index in [9.17, 15) is 5.11 Å². The Morgan fingerprint density at radius 2 is 2.07 bits per heavy atom. The number of hydrogen-bond acceptors (Lipinski definition) is 3. The molecule has 0 aliphatic carbocycles. The Hall–Kier alpha value is -1.55. The first-order valence-electron chi connectivity index (χ1n) is 4.37. The topological polar surface area (TPSA) is 79.3 Å². The van der Waals surface area contributed by atoms with Crippen LogP contribution in [0.1, 0.15) is 6.42 Å². The van der Waals surface area contributed by atoms with Gasteiger partial charge in [0.1, 0.15) is 12.4 Å². The molecule has 0 saturated carbocycles. The standard InChI is InChI=1S/C10H14N2O2/c11-10(12)6-8(13)7-14-9-4-2-1-3-5-9/h1-5,8,13H,6-7H2,(H3,11,12). The van der Waals surface area contributed by atoms with Gasteiger partial charge in [-0.05, 0) is 12.1 Å². The molecule has 0 fully saturated rings. The monoisotopic (exact) mass is 194 g/mol. The molecule has 14 heavy (non-hydrogen) atoms. The first-order valence-corrected chi connectivity index (χ1v) is 4.37. The molecular formula is C10H14N2O2. The highest BCUT2D eigenvalue weighted by Crippen LogP contribution is 2.08. The third kappa shape index (κ3) is 3.91. The lowest BCUT2D eigenvalue weighted by Gasteiger charge is -2.11. The van der Waals surface area contributed by atoms with Crippen LogP contribution in [0.5, 0.6) is 5.75 Å². The van der Waals surface area contributed by atoms with E-state index in [1.807, 2.05) is 18.2 Å². The molecule has 1 aromatic carbocycles. The largest absolute Gasteiger partial charge is 0.491 e. The van der Waals surface area contributed by atoms with Crippen molar-refractivity contribution in [2.24, 2.45) is 5.73 Å². The average molecular weight is 194 g/mol. The zero-order chi connectivity index (χ0) is 10.4. The number of rotatable bonds is 5. The summed E-state index contributed by atoms with van der Waals surface area (Å²) in [6.45, 7) is 0.156. The summed E-state index contributed by atoms with van der Waals surface area (Å²) in [7, 11) is 0. The van der Waals surface area contributed by atoms with Gasteiger partial charge in [0.15, 0.2) is 0 Å². The van der Waals surface area contributed by atoms with Crippen LogP contribution >= 0.6 is 0 Å². The molecule has 76 valence electrons. The summed E-state index contributed by atoms with van der Waals surface area (Å²) in [4.78, 5) is 0. The normalized spacial score (nSPS) is 12.1. The molecule has 1 unspecified atom stereocenters. The lowest BCUT2D eigenvalue weighted by Crippen LogP contribution is -2.24. The lowest BCUT2D eigenvalue weighted by molar-refractivity contribution is 0.113. The number of hydrogen-bond donors (Lipinski definition) is 3. The Balaban J connectivity index is 2.30. The maximum atomic E-state index is 9.34. The van der Waals surface area contributed by atoms with Crippen LogP contribution in [0.4, 0.5) is 0 Å². The predicted octanol–water partition coefficient (Wildman–Crippen LogP) is 0.752. The van der Waals surface area contributed by atoms with Gasteiger partial charge >= 0.3 is 0 Å². The minimum atomic E-state index is -0.715. The molecule has 0 radical (unpaired) electrons. The van der Waals surface area contributed by atoms with Gasteiger partial charge < -0.3 is 15.6 Å². The van der Waals surface area contributed by atoms with Gasteiger partial charge in [-0.15, -0.1) is 0 Å². The highest BCUT2D eigenvalue weighted by Gasteiger charge is 2.06. The third-order valence-corrected chi connectivity index (χ3v) is 1.64. The minimum absolute atomic E-state index is 0.0332. The lowest BCUT2D eigenvalue weighted by atomic mass is 10.2. The smallest absolute Gasteiger partial charge is 0.119 e. The molecule has 0 spiro atoms. The van der Waals surface area contributed by atoms with E-state index in [1.54, 1.807) is 12.1 Å². The van der Waals surface area contributed by atoms with Crippen molar-refractivity contribution in [3.63, 3.8) is 0 Å². The second-order valence-corrected chi connectivity index (χ2v) is 3.01. The van der Waals surface area contributed by atoms with Crippen molar-refractivity contribution in [3.8, 4) is 5.75 Å². The number of benzene rings is 1. The zero-order valence-electron chi connectivity index (χ0n) is 7.81. The predicted molar refractivity (Wildman–Crippen MR) is 54.5 cm³/mol. The van der Waals surface area contributed by atoms with Gasteiger partial charge in [-0.1, -0.05) is 18.2 Å². The Bertz CT molecular complexity index is 287. The first-order chi connectivity index (χ1) is 6.68. The van der Waals surface area contributed by atoms with Crippen molar-refractivity contribution in [1.82, 2.24) is 0 Å². The summed E-state index contributed by atoms with van der Waals surface area (Å²) in [5.41, 5.74) is 5.13. The van der Waals surface area contributed by atoms with E-state index in [0.717, 1.165) is 0 Å². The van der Waals surface area contributed by atoms with Gasteiger partial charge in [0.25, 0.3) is 0 Å². The Morgan fingerprint density at radius 1 is 1.43 bits per heavy atom. The molecule has 1 atom stereocenters. The fourth-order valence-electron chi connectivity index (χ4n) is 1.02. The van der Waals surface area contributed by atoms with E-state index in [0.29, 0.717) is 5.75 Å². The van der Waals surface area contributed by atoms with Crippen LogP contribution in [0.3, 0.4) is 0 Å². The van der Waals surface area contributed by atoms with Gasteiger partial charge in [-0.25, -0.2) is 0 Å². The van der Waals surface area contributed by atoms with Crippen LogP contribution in [-0.4, -0.2) is 23.7 Å². The van der Waals surface area contributed by atoms with E-state index in [4.69, 9.17) is 15.9 Å². The van der Waals surface area contributed by atoms with E-state index < -0.39 is 6.10 Å². The van der Waals surface area contributed by atoms with Crippen molar-refractivity contribution in [3.05, 3.63) is 30.3 Å². The molecule has 4 heteroatoms. The minimum Gasteiger partial charge on any atom is -0.491 e. The number of aliphatic hydroxyl groups excluding tert-OH is 1. The van der Waals surface area contributed by atoms with E-state index in [2.05, 4.69) is 0 Å². The van der Waals surface area contributed by atoms with Crippen LogP contribution in [0.15, 0.2) is 30.3 Å². The number of amidine groups is 1. The molecule has 4 N–H and O–H groups in total. The second-order valence-electron chi connectivity index (χ2n) is 3.01. The molecule has 0 saturated heterocycles. The van der Waals surface area contributed by atoms with Crippen molar-refractivity contribution in [1.29, 1.82) is 5.41 Å². The van der Waals surface area contributed by atoms with Crippen LogP contribution < -0.4 is 10.5 Å². The summed E-state index contributed by atoms with van der Waals surface area (Å²) >= 11 is 0. The molecule has 0 aliphatic heterocycles. The summed E-state index contributed by atoms with van der Waals surface area (Å²) < 4.78 is 5.27. The van der Waals surface area contributed by atoms with Gasteiger partial charge in [0, 0.05) is 6.42 Å². The SMILES string of the molecule is N=C(N)CC(O)COc1ccccc1. The quantitative estimate of drug-likeness (QED) is 0.478. The van der Waals surface area contributed by atoms with Crippen LogP contribution in [-0.2, 0) is 0 Å². The van der Waals surface area contributed by atoms with Crippen molar-refractivity contribution < 1.29 is 9.84 Å². The van der Waals surface area contributed by atoms with E-state index in [-0.39, 0.29) is 18.9 Å². The molecule has 0 aliphatic rings. The van der Waals surface area contributed by atoms with Crippen molar-refractivity contribution in [2.45, 2.75) is 12.5 Å². The molecule has 4 nitrogen and oxygen atoms in total. The molecule has 0 amide bonds. The molecule has 0 aromatic heterocycles. The Labute approximate surface area is 82.8 Å². The average Bonchev–Trinajstić information content (AvgIpc) is 2.15. The molecule has 1 rings (SSSR count). The first kappa shape index (κ1) is 10.5. The number of nitrogens with one attached hydrogen (secondary N) is 1. The second kappa shape index (κ2) is 5.24. The summed E-state index contributed by atoms with van der Waals surface area (Å²) in [6, 6.07) is 9.21. The van der Waals surface area contributed by atoms with Gasteiger partial charge in [-0.3, -0.25) is 5.41 Å². The highest BCUT2D eigenvalue weighted by atomic mass is 16.5. The summed E-state index contributed by atoms with van der Waals surface area (Å²) in [5, 5.41) is 16.3. The van der Waals surface area contributed by atoms with E-state index >= 15 is 0 Å². The third-order valence-electron chi connectivity index (χ3n) is 1.64. The fourth-order valence-corrected chi connectivity index (χ4v) is 1.02. The summed E-state index contributed by atoms with van der Waals surface area (Å²) in [6.07, 6.45) is -0.569. The maximum Gasteiger partial charge on any atom is 0.119 e. The molecular weight excluding hydrogens is 180 g/mol. The zero-order valence-corrected chi connectivity index (χ0v) is 7.81. The van der Waals surface area contributed by atoms with Crippen LogP contribution in [0.25, 0.3) is 0 Å². The number of nitrogens with two attached hydrogens (primary N) is 1. The van der Waals surface area contributed by atoms with Gasteiger partial charge in [-0.2, -0.15) is 0 Å². The van der Waals surface area contributed by atoms with Crippen molar-refractivity contribution in [2.75, 3.05) is 6.61 Å². The van der Waals surface area contributed by atoms with Gasteiger partial charge in [0.2, 0.25) is 0 Å². The molecule has 0 bridgehead atoms. The Kier molecular flexibility index (Phi) is 3.94. The van der Waals surface area contributed by atoms with Crippen molar-refractivity contribution >= 4 is 5.84 Å². The number of ether oxygens (including phenoxy) is 1. The maximum absolute atomic E-state index is 9.34. The Morgan fingerprint density at radius 3 is 2.64 bits per heavy atom. The van der Waals surface area contributed by atoms with Crippen LogP contribution in [0.2, 0.25) is 0 Å². The molecule has 0 heterocycles. The fraction of sp³-hybridized carbons (Fsp3) is 0.300. The number of para-hydroxylation sites is 1. The van der Waals surface area contributed by atoms with Gasteiger partial charge in [0.05, 0.1) is 11.9 Å². The van der Waals surface area contributed by atoms with E-state index in [1.165, 1.54) is 0 Å². The highest BCUT2D eigenvalue weighted by molar-refractivity contribution is 5.77. The number of aliphatic hydroxyl groups is 1. The molecule has 1 aromatic rings.